The van der Waals surface area contributed by atoms with Crippen LogP contribution in [0.4, 0.5) is 0 Å². The second kappa shape index (κ2) is 4.14. The summed E-state index contributed by atoms with van der Waals surface area (Å²) in [6.07, 6.45) is 0.962. The molecule has 1 unspecified atom stereocenters. The minimum atomic E-state index is -3.34. The molecule has 4 atom stereocenters. The van der Waals surface area contributed by atoms with Crippen molar-refractivity contribution in [3.05, 3.63) is 0 Å². The molecule has 0 bridgehead atoms. The van der Waals surface area contributed by atoms with Crippen molar-refractivity contribution in [3.63, 3.8) is 0 Å². The molecule has 0 amide bonds. The van der Waals surface area contributed by atoms with Gasteiger partial charge in [0.1, 0.15) is 7.85 Å². The van der Waals surface area contributed by atoms with Gasteiger partial charge in [-0.05, 0) is 12.3 Å². The van der Waals surface area contributed by atoms with Crippen LogP contribution in [-0.4, -0.2) is 38.1 Å². The molecular weight excluding hydrogens is 190 g/mol. The zero-order valence-corrected chi connectivity index (χ0v) is 9.16. The molecule has 1 aliphatic heterocycles. The largest absolute Gasteiger partial charge is 0.381 e. The van der Waals surface area contributed by atoms with Gasteiger partial charge in [-0.2, -0.15) is 0 Å². The molecule has 0 radical (unpaired) electrons. The summed E-state index contributed by atoms with van der Waals surface area (Å²) in [5.74, 6) is 0.404. The first-order valence-electron chi connectivity index (χ1n) is 4.49. The van der Waals surface area contributed by atoms with Gasteiger partial charge in [0.15, 0.2) is 0 Å². The van der Waals surface area contributed by atoms with E-state index in [0.717, 1.165) is 6.42 Å². The Balaban J connectivity index is 2.34. The summed E-state index contributed by atoms with van der Waals surface area (Å²) in [4.78, 5) is 8.91. The summed E-state index contributed by atoms with van der Waals surface area (Å²) >= 11 is 0. The molecule has 0 spiro atoms. The minimum absolute atomic E-state index is 0.0320. The van der Waals surface area contributed by atoms with E-state index >= 15 is 0 Å². The molecule has 13 heavy (non-hydrogen) atoms. The average molecular weight is 206 g/mol. The van der Waals surface area contributed by atoms with Crippen LogP contribution in [0, 0.1) is 5.92 Å². The Morgan fingerprint density at radius 2 is 2.38 bits per heavy atom. The lowest BCUT2D eigenvalue weighted by molar-refractivity contribution is 0.0343. The van der Waals surface area contributed by atoms with Gasteiger partial charge in [0, 0.05) is 12.7 Å². The van der Waals surface area contributed by atoms with Gasteiger partial charge in [0.05, 0.1) is 12.7 Å². The molecule has 1 rings (SSSR count). The molecule has 0 aromatic rings. The summed E-state index contributed by atoms with van der Waals surface area (Å²) < 4.78 is 21.2. The molecule has 0 saturated carbocycles. The highest BCUT2D eigenvalue weighted by atomic mass is 31.2. The topological polar surface area (TPSA) is 55.8 Å². The van der Waals surface area contributed by atoms with E-state index in [4.69, 9.17) is 14.2 Å². The molecule has 0 aromatic carbocycles. The first kappa shape index (κ1) is 11.3. The highest BCUT2D eigenvalue weighted by Gasteiger charge is 2.30. The SMILES string of the molecule is B[C@H]1C[C@H](C)[C@@H](COP(C)(=O)O)O1. The van der Waals surface area contributed by atoms with Crippen molar-refractivity contribution in [1.29, 1.82) is 0 Å². The van der Waals surface area contributed by atoms with Gasteiger partial charge in [-0.25, -0.2) is 0 Å². The van der Waals surface area contributed by atoms with Crippen LogP contribution in [0.5, 0.6) is 0 Å². The Morgan fingerprint density at radius 1 is 1.77 bits per heavy atom. The van der Waals surface area contributed by atoms with Gasteiger partial charge in [-0.15, -0.1) is 0 Å². The number of ether oxygens (including phenoxy) is 1. The van der Waals surface area contributed by atoms with Crippen LogP contribution in [0.15, 0.2) is 0 Å². The van der Waals surface area contributed by atoms with E-state index in [1.54, 1.807) is 0 Å². The fraction of sp³-hybridized carbons (Fsp3) is 1.00. The standard InChI is InChI=1S/C7H16BO4P/c1-5-3-7(8)12-6(5)4-11-13(2,9)10/h5-7H,3-4,8H2,1-2H3,(H,9,10)/t5-,6+,7+/m0/s1. The summed E-state index contributed by atoms with van der Waals surface area (Å²) in [5, 5.41) is 0. The second-order valence-corrected chi connectivity index (χ2v) is 5.66. The normalized spacial score (nSPS) is 38.8. The molecule has 6 heteroatoms. The highest BCUT2D eigenvalue weighted by molar-refractivity contribution is 7.51. The molecule has 4 nitrogen and oxygen atoms in total. The van der Waals surface area contributed by atoms with E-state index in [9.17, 15) is 4.57 Å². The lowest BCUT2D eigenvalue weighted by Crippen LogP contribution is -2.20. The predicted octanol–water partition coefficient (Wildman–Crippen LogP) is 0.202. The van der Waals surface area contributed by atoms with E-state index < -0.39 is 7.60 Å². The van der Waals surface area contributed by atoms with Gasteiger partial charge < -0.3 is 14.2 Å². The van der Waals surface area contributed by atoms with Crippen molar-refractivity contribution in [2.45, 2.75) is 25.5 Å². The van der Waals surface area contributed by atoms with Crippen LogP contribution in [0.3, 0.4) is 0 Å². The molecule has 0 aliphatic carbocycles. The van der Waals surface area contributed by atoms with Crippen molar-refractivity contribution >= 4 is 15.4 Å². The van der Waals surface area contributed by atoms with E-state index in [1.165, 1.54) is 6.66 Å². The minimum Gasteiger partial charge on any atom is -0.381 e. The fourth-order valence-electron chi connectivity index (χ4n) is 1.58. The summed E-state index contributed by atoms with van der Waals surface area (Å²) in [7, 11) is -1.34. The summed E-state index contributed by atoms with van der Waals surface area (Å²) in [5.41, 5.74) is 0. The van der Waals surface area contributed by atoms with Gasteiger partial charge in [-0.3, -0.25) is 4.57 Å². The molecule has 76 valence electrons. The van der Waals surface area contributed by atoms with Gasteiger partial charge >= 0.3 is 7.60 Å². The van der Waals surface area contributed by atoms with Gasteiger partial charge in [0.2, 0.25) is 0 Å². The average Bonchev–Trinajstić information content (AvgIpc) is 2.24. The molecular formula is C7H16BO4P. The maximum absolute atomic E-state index is 10.8. The zero-order valence-electron chi connectivity index (χ0n) is 8.27. The van der Waals surface area contributed by atoms with Gasteiger partial charge in [0.25, 0.3) is 0 Å². The first-order valence-corrected chi connectivity index (χ1v) is 6.51. The monoisotopic (exact) mass is 206 g/mol. The molecule has 1 N–H and O–H groups in total. The van der Waals surface area contributed by atoms with E-state index in [-0.39, 0.29) is 18.7 Å². The Kier molecular flexibility index (Phi) is 3.58. The van der Waals surface area contributed by atoms with Crippen LogP contribution in [0.25, 0.3) is 0 Å². The third kappa shape index (κ3) is 3.82. The Hall–Kier alpha value is 0.175. The van der Waals surface area contributed by atoms with Crippen LogP contribution < -0.4 is 0 Å². The lowest BCUT2D eigenvalue weighted by atomic mass is 9.92. The van der Waals surface area contributed by atoms with Crippen molar-refractivity contribution < 1.29 is 18.7 Å². The number of hydrogen-bond acceptors (Lipinski definition) is 3. The second-order valence-electron chi connectivity index (χ2n) is 3.80. The zero-order chi connectivity index (χ0) is 10.1. The van der Waals surface area contributed by atoms with Crippen molar-refractivity contribution in [1.82, 2.24) is 0 Å². The van der Waals surface area contributed by atoms with Crippen LogP contribution in [-0.2, 0) is 13.8 Å². The summed E-state index contributed by atoms with van der Waals surface area (Å²) in [6, 6.07) is 0.235. The molecule has 1 aliphatic rings. The Labute approximate surface area is 79.6 Å². The lowest BCUT2D eigenvalue weighted by Gasteiger charge is -2.16. The molecule has 0 aromatic heterocycles. The fourth-order valence-corrected chi connectivity index (χ4v) is 2.00. The molecule has 1 fully saturated rings. The molecule has 1 saturated heterocycles. The maximum Gasteiger partial charge on any atom is 0.325 e. The molecule has 1 heterocycles. The maximum atomic E-state index is 10.8. The van der Waals surface area contributed by atoms with E-state index in [1.807, 2.05) is 7.85 Å². The van der Waals surface area contributed by atoms with Gasteiger partial charge in [-0.1, -0.05) is 6.92 Å². The van der Waals surface area contributed by atoms with Crippen LogP contribution >= 0.6 is 7.60 Å². The Bertz CT molecular complexity index is 217. The summed E-state index contributed by atoms with van der Waals surface area (Å²) in [6.45, 7) is 3.47. The number of hydrogen-bond donors (Lipinski definition) is 1. The number of rotatable bonds is 3. The highest BCUT2D eigenvalue weighted by Crippen LogP contribution is 2.38. The van der Waals surface area contributed by atoms with Crippen molar-refractivity contribution in [2.24, 2.45) is 5.92 Å². The first-order chi connectivity index (χ1) is 5.88. The third-order valence-corrected chi connectivity index (χ3v) is 2.85. The quantitative estimate of drug-likeness (QED) is 0.529. The third-order valence-electron chi connectivity index (χ3n) is 2.22. The van der Waals surface area contributed by atoms with E-state index in [2.05, 4.69) is 6.92 Å². The van der Waals surface area contributed by atoms with Crippen molar-refractivity contribution in [3.8, 4) is 0 Å². The predicted molar refractivity (Wildman–Crippen MR) is 52.7 cm³/mol. The smallest absolute Gasteiger partial charge is 0.325 e. The van der Waals surface area contributed by atoms with Crippen molar-refractivity contribution in [2.75, 3.05) is 13.3 Å². The Morgan fingerprint density at radius 3 is 2.77 bits per heavy atom. The van der Waals surface area contributed by atoms with Crippen LogP contribution in [0.2, 0.25) is 0 Å². The van der Waals surface area contributed by atoms with Crippen LogP contribution in [0.1, 0.15) is 13.3 Å². The van der Waals surface area contributed by atoms with E-state index in [0.29, 0.717) is 5.92 Å².